The van der Waals surface area contributed by atoms with Gasteiger partial charge in [-0.15, -0.1) is 23.1 Å². The molecule has 0 bridgehead atoms. The Hall–Kier alpha value is -2.47. The van der Waals surface area contributed by atoms with Crippen molar-refractivity contribution >= 4 is 51.9 Å². The maximum absolute atomic E-state index is 13.3. The molecule has 0 spiro atoms. The molecule has 0 saturated heterocycles. The maximum atomic E-state index is 13.3. The van der Waals surface area contributed by atoms with Crippen LogP contribution in [0.2, 0.25) is 0 Å². The van der Waals surface area contributed by atoms with Gasteiger partial charge >= 0.3 is 11.9 Å². The number of hydrogen-bond acceptors (Lipinski definition) is 10. The van der Waals surface area contributed by atoms with Crippen molar-refractivity contribution in [2.45, 2.75) is 91.0 Å². The van der Waals surface area contributed by atoms with Gasteiger partial charge in [0, 0.05) is 61.6 Å². The highest BCUT2D eigenvalue weighted by Gasteiger charge is 2.39. The molecule has 2 unspecified atom stereocenters. The second-order valence-electron chi connectivity index (χ2n) is 11.1. The molecule has 40 heavy (non-hydrogen) atoms. The van der Waals surface area contributed by atoms with Crippen molar-refractivity contribution in [3.63, 3.8) is 0 Å². The first-order valence-corrected chi connectivity index (χ1v) is 15.7. The van der Waals surface area contributed by atoms with Crippen molar-refractivity contribution in [1.82, 2.24) is 15.2 Å². The number of aliphatic imine (C=N–C) groups is 1. The summed E-state index contributed by atoms with van der Waals surface area (Å²) >= 11 is 2.92. The number of rotatable bonds is 14. The van der Waals surface area contributed by atoms with E-state index in [2.05, 4.69) is 15.3 Å². The number of methoxy groups -OCH3 is 1. The molecule has 1 N–H and O–H groups in total. The quantitative estimate of drug-likeness (QED) is 0.325. The lowest BCUT2D eigenvalue weighted by Crippen LogP contribution is -2.45. The molecule has 222 valence electrons. The molecular weight excluding hydrogens is 552 g/mol. The molecule has 2 heterocycles. The Balaban J connectivity index is 1.73. The van der Waals surface area contributed by atoms with Gasteiger partial charge in [0.2, 0.25) is 11.8 Å². The van der Waals surface area contributed by atoms with Crippen molar-refractivity contribution < 1.29 is 28.7 Å². The van der Waals surface area contributed by atoms with Crippen molar-refractivity contribution in [1.29, 1.82) is 0 Å². The standard InChI is InChI=1S/C28H42N4O6S2/c1-15(2)22(32(6)27(35)19-8-9-19)12-23(38-18(5)33)26-31-21(14-40-26)25(34)30-20(10-16(3)28(36)37-7)11-24-29-17(4)13-39-24/h13,15-16,19-23H,8-12,14H2,1-7H3,(H,30,34)/t16-,20+,21?,22?,23+/m0/s1. The van der Waals surface area contributed by atoms with Crippen LogP contribution in [0.3, 0.4) is 0 Å². The van der Waals surface area contributed by atoms with Gasteiger partial charge in [-0.3, -0.25) is 24.2 Å². The third-order valence-corrected chi connectivity index (χ3v) is 9.37. The normalized spacial score (nSPS) is 19.8. The number of aryl methyl sites for hydroxylation is 1. The van der Waals surface area contributed by atoms with E-state index >= 15 is 0 Å². The molecule has 1 aromatic heterocycles. The summed E-state index contributed by atoms with van der Waals surface area (Å²) in [5.74, 6) is -0.641. The van der Waals surface area contributed by atoms with Gasteiger partial charge in [-0.05, 0) is 32.1 Å². The molecule has 1 aromatic rings. The lowest BCUT2D eigenvalue weighted by molar-refractivity contribution is -0.146. The molecule has 3 rings (SSSR count). The monoisotopic (exact) mass is 594 g/mol. The number of esters is 2. The fraction of sp³-hybridized carbons (Fsp3) is 0.714. The first-order valence-electron chi connectivity index (χ1n) is 13.8. The Morgan fingerprint density at radius 2 is 1.88 bits per heavy atom. The molecule has 1 fully saturated rings. The Kier molecular flexibility index (Phi) is 11.6. The lowest BCUT2D eigenvalue weighted by atomic mass is 9.96. The summed E-state index contributed by atoms with van der Waals surface area (Å²) in [4.78, 5) is 61.2. The number of hydrogen-bond donors (Lipinski definition) is 1. The molecule has 1 aliphatic heterocycles. The second kappa shape index (κ2) is 14.4. The molecular formula is C28H42N4O6S2. The van der Waals surface area contributed by atoms with Gasteiger partial charge in [-0.25, -0.2) is 4.98 Å². The largest absolute Gasteiger partial charge is 0.469 e. The minimum Gasteiger partial charge on any atom is -0.469 e. The van der Waals surface area contributed by atoms with E-state index < -0.39 is 24.0 Å². The number of thioether (sulfide) groups is 1. The highest BCUT2D eigenvalue weighted by molar-refractivity contribution is 8.14. The van der Waals surface area contributed by atoms with E-state index in [9.17, 15) is 19.2 Å². The topological polar surface area (TPSA) is 127 Å². The van der Waals surface area contributed by atoms with Crippen LogP contribution in [-0.4, -0.2) is 82.8 Å². The van der Waals surface area contributed by atoms with Gasteiger partial charge in [0.15, 0.2) is 6.10 Å². The predicted molar refractivity (Wildman–Crippen MR) is 156 cm³/mol. The maximum Gasteiger partial charge on any atom is 0.308 e. The van der Waals surface area contributed by atoms with Gasteiger partial charge in [-0.1, -0.05) is 20.8 Å². The van der Waals surface area contributed by atoms with E-state index in [0.29, 0.717) is 30.1 Å². The third kappa shape index (κ3) is 9.02. The number of amides is 2. The van der Waals surface area contributed by atoms with Crippen LogP contribution in [0.25, 0.3) is 0 Å². The Bertz CT molecular complexity index is 1100. The number of nitrogens with zero attached hydrogens (tertiary/aromatic N) is 3. The van der Waals surface area contributed by atoms with Crippen molar-refractivity contribution in [2.75, 3.05) is 19.9 Å². The van der Waals surface area contributed by atoms with Crippen LogP contribution < -0.4 is 5.32 Å². The smallest absolute Gasteiger partial charge is 0.308 e. The number of aromatic nitrogens is 1. The summed E-state index contributed by atoms with van der Waals surface area (Å²) in [7, 11) is 3.17. The van der Waals surface area contributed by atoms with Crippen LogP contribution in [0.4, 0.5) is 0 Å². The number of carbonyl (C=O) groups is 4. The van der Waals surface area contributed by atoms with Crippen molar-refractivity contribution in [3.8, 4) is 0 Å². The van der Waals surface area contributed by atoms with Gasteiger partial charge in [0.1, 0.15) is 11.1 Å². The van der Waals surface area contributed by atoms with Gasteiger partial charge in [-0.2, -0.15) is 0 Å². The molecule has 2 aliphatic rings. The van der Waals surface area contributed by atoms with Crippen LogP contribution in [0.15, 0.2) is 10.4 Å². The zero-order chi connectivity index (χ0) is 29.6. The number of ether oxygens (including phenoxy) is 2. The number of nitrogens with one attached hydrogen (secondary N) is 1. The molecule has 2 amide bonds. The van der Waals surface area contributed by atoms with E-state index in [4.69, 9.17) is 9.47 Å². The van der Waals surface area contributed by atoms with Crippen LogP contribution in [0, 0.1) is 24.7 Å². The molecule has 0 aromatic carbocycles. The minimum atomic E-state index is -0.657. The first-order chi connectivity index (χ1) is 18.9. The summed E-state index contributed by atoms with van der Waals surface area (Å²) in [5, 5.41) is 6.50. The minimum absolute atomic E-state index is 0.0906. The van der Waals surface area contributed by atoms with E-state index in [0.717, 1.165) is 23.5 Å². The van der Waals surface area contributed by atoms with Gasteiger partial charge in [0.05, 0.1) is 18.0 Å². The van der Waals surface area contributed by atoms with E-state index in [-0.39, 0.29) is 41.7 Å². The van der Waals surface area contributed by atoms with Crippen LogP contribution >= 0.6 is 23.1 Å². The number of thiazole rings is 1. The number of carbonyl (C=O) groups excluding carboxylic acids is 4. The Morgan fingerprint density at radius 3 is 2.42 bits per heavy atom. The summed E-state index contributed by atoms with van der Waals surface area (Å²) in [6.07, 6.45) is 2.51. The van der Waals surface area contributed by atoms with Crippen LogP contribution in [0.5, 0.6) is 0 Å². The zero-order valence-corrected chi connectivity index (χ0v) is 26.1. The van der Waals surface area contributed by atoms with Crippen molar-refractivity contribution in [3.05, 3.63) is 16.1 Å². The first kappa shape index (κ1) is 32.0. The fourth-order valence-electron chi connectivity index (χ4n) is 4.90. The fourth-order valence-corrected chi connectivity index (χ4v) is 6.84. The molecule has 10 nitrogen and oxygen atoms in total. The average molecular weight is 595 g/mol. The molecule has 1 aliphatic carbocycles. The third-order valence-electron chi connectivity index (χ3n) is 7.23. The molecule has 12 heteroatoms. The van der Waals surface area contributed by atoms with Crippen LogP contribution in [0.1, 0.15) is 64.1 Å². The highest BCUT2D eigenvalue weighted by atomic mass is 32.2. The summed E-state index contributed by atoms with van der Waals surface area (Å²) in [5.41, 5.74) is 0.910. The van der Waals surface area contributed by atoms with Crippen LogP contribution in [-0.2, 0) is 35.1 Å². The summed E-state index contributed by atoms with van der Waals surface area (Å²) < 4.78 is 10.6. The summed E-state index contributed by atoms with van der Waals surface area (Å²) in [6, 6.07) is -1.12. The van der Waals surface area contributed by atoms with Crippen molar-refractivity contribution in [2.24, 2.45) is 22.7 Å². The molecule has 5 atom stereocenters. The highest BCUT2D eigenvalue weighted by Crippen LogP contribution is 2.33. The lowest BCUT2D eigenvalue weighted by Gasteiger charge is -2.34. The SMILES string of the molecule is COC(=O)[C@@H](C)C[C@H](Cc1nc(C)cs1)NC(=O)C1CSC([C@@H](CC(C(C)C)N(C)C(=O)C2CC2)OC(C)=O)=N1. The zero-order valence-electron chi connectivity index (χ0n) is 24.5. The molecule has 1 saturated carbocycles. The second-order valence-corrected chi connectivity index (χ2v) is 13.1. The average Bonchev–Trinajstić information content (AvgIpc) is 3.48. The van der Waals surface area contributed by atoms with E-state index in [1.807, 2.05) is 33.2 Å². The Morgan fingerprint density at radius 1 is 1.18 bits per heavy atom. The van der Waals surface area contributed by atoms with Gasteiger partial charge in [0.25, 0.3) is 0 Å². The molecule has 0 radical (unpaired) electrons. The van der Waals surface area contributed by atoms with Gasteiger partial charge < -0.3 is 19.7 Å². The van der Waals surface area contributed by atoms with E-state index in [1.165, 1.54) is 37.1 Å². The summed E-state index contributed by atoms with van der Waals surface area (Å²) in [6.45, 7) is 9.14. The van der Waals surface area contributed by atoms with E-state index in [1.54, 1.807) is 11.8 Å². The Labute approximate surface area is 245 Å². The predicted octanol–water partition coefficient (Wildman–Crippen LogP) is 3.41.